The van der Waals surface area contributed by atoms with Gasteiger partial charge in [-0.3, -0.25) is 4.79 Å². The normalized spacial score (nSPS) is 18.0. The molecule has 1 aliphatic rings. The summed E-state index contributed by atoms with van der Waals surface area (Å²) in [6.45, 7) is 5.07. The van der Waals surface area contributed by atoms with Gasteiger partial charge in [0.1, 0.15) is 5.82 Å². The molecule has 116 valence electrons. The summed E-state index contributed by atoms with van der Waals surface area (Å²) >= 11 is 6.14. The quantitative estimate of drug-likeness (QED) is 0.877. The van der Waals surface area contributed by atoms with E-state index in [-0.39, 0.29) is 5.91 Å². The maximum atomic E-state index is 12.6. The third-order valence-electron chi connectivity index (χ3n) is 3.62. The monoisotopic (exact) mass is 311 g/mol. The van der Waals surface area contributed by atoms with Crippen LogP contribution in [0.15, 0.2) is 12.3 Å². The van der Waals surface area contributed by atoms with Crippen LogP contribution < -0.4 is 5.32 Å². The highest BCUT2D eigenvalue weighted by Crippen LogP contribution is 2.24. The first-order valence-corrected chi connectivity index (χ1v) is 7.71. The lowest BCUT2D eigenvalue weighted by atomic mass is 10.1. The number of nitrogens with zero attached hydrogens (tertiary/aromatic N) is 2. The van der Waals surface area contributed by atoms with Crippen molar-refractivity contribution in [3.63, 3.8) is 0 Å². The Bertz CT molecular complexity index is 496. The lowest BCUT2D eigenvalue weighted by Gasteiger charge is -2.17. The first kappa shape index (κ1) is 16.0. The number of aromatic nitrogens is 1. The Hall–Kier alpha value is -1.33. The highest BCUT2D eigenvalue weighted by molar-refractivity contribution is 6.33. The second-order valence-corrected chi connectivity index (χ2v) is 5.74. The van der Waals surface area contributed by atoms with E-state index in [9.17, 15) is 4.79 Å². The molecule has 1 fully saturated rings. The number of likely N-dealkylation sites (tertiary alicyclic amines) is 1. The molecule has 0 saturated carbocycles. The number of nitrogens with one attached hydrogen (secondary N) is 1. The average Bonchev–Trinajstić information content (AvgIpc) is 2.95. The molecule has 5 nitrogen and oxygen atoms in total. The highest BCUT2D eigenvalue weighted by atomic mass is 35.5. The number of hydrogen-bond acceptors (Lipinski definition) is 4. The van der Waals surface area contributed by atoms with Crippen molar-refractivity contribution in [2.75, 3.05) is 38.7 Å². The van der Waals surface area contributed by atoms with Gasteiger partial charge in [0, 0.05) is 38.9 Å². The van der Waals surface area contributed by atoms with E-state index in [1.165, 1.54) is 6.20 Å². The summed E-state index contributed by atoms with van der Waals surface area (Å²) in [5.41, 5.74) is 0.517. The number of hydrogen-bond donors (Lipinski definition) is 1. The van der Waals surface area contributed by atoms with Crippen molar-refractivity contribution in [3.05, 3.63) is 22.8 Å². The molecular weight excluding hydrogens is 290 g/mol. The largest absolute Gasteiger partial charge is 0.384 e. The standard InChI is InChI=1S/C15H22ClN3O2/c1-3-5-17-14-7-12(13(16)8-18-14)15(20)19-6-4-11(9-19)10-21-2/h7-8,11H,3-6,9-10H2,1-2H3,(H,17,18). The SMILES string of the molecule is CCCNc1cc(C(=O)N2CCC(COC)C2)c(Cl)cn1. The predicted octanol–water partition coefficient (Wildman–Crippen LogP) is 2.67. The molecule has 1 amide bonds. The van der Waals surface area contributed by atoms with E-state index in [0.717, 1.165) is 32.5 Å². The maximum absolute atomic E-state index is 12.6. The molecule has 6 heteroatoms. The van der Waals surface area contributed by atoms with E-state index < -0.39 is 0 Å². The summed E-state index contributed by atoms with van der Waals surface area (Å²) in [4.78, 5) is 18.6. The number of carbonyl (C=O) groups is 1. The Morgan fingerprint density at radius 3 is 3.14 bits per heavy atom. The van der Waals surface area contributed by atoms with Gasteiger partial charge in [-0.2, -0.15) is 0 Å². The molecular formula is C15H22ClN3O2. The van der Waals surface area contributed by atoms with Crippen LogP contribution in [-0.4, -0.2) is 49.1 Å². The van der Waals surface area contributed by atoms with Crippen LogP contribution in [0.25, 0.3) is 0 Å². The van der Waals surface area contributed by atoms with Crippen LogP contribution in [0.2, 0.25) is 5.02 Å². The first-order valence-electron chi connectivity index (χ1n) is 7.33. The maximum Gasteiger partial charge on any atom is 0.255 e. The minimum absolute atomic E-state index is 0.0273. The molecule has 0 bridgehead atoms. The third-order valence-corrected chi connectivity index (χ3v) is 3.92. The van der Waals surface area contributed by atoms with E-state index in [4.69, 9.17) is 16.3 Å². The van der Waals surface area contributed by atoms with Crippen molar-refractivity contribution in [2.24, 2.45) is 5.92 Å². The molecule has 1 N–H and O–H groups in total. The Morgan fingerprint density at radius 1 is 1.62 bits per heavy atom. The second-order valence-electron chi connectivity index (χ2n) is 5.34. The van der Waals surface area contributed by atoms with Gasteiger partial charge in [-0.05, 0) is 18.9 Å². The van der Waals surface area contributed by atoms with Crippen molar-refractivity contribution >= 4 is 23.3 Å². The van der Waals surface area contributed by atoms with Crippen molar-refractivity contribution in [3.8, 4) is 0 Å². The second kappa shape index (κ2) is 7.61. The van der Waals surface area contributed by atoms with Crippen molar-refractivity contribution < 1.29 is 9.53 Å². The number of carbonyl (C=O) groups excluding carboxylic acids is 1. The molecule has 2 rings (SSSR count). The number of rotatable bonds is 6. The van der Waals surface area contributed by atoms with E-state index in [1.54, 1.807) is 13.2 Å². The number of methoxy groups -OCH3 is 1. The molecule has 1 aromatic heterocycles. The molecule has 1 saturated heterocycles. The molecule has 21 heavy (non-hydrogen) atoms. The fourth-order valence-electron chi connectivity index (χ4n) is 2.51. The number of amides is 1. The lowest BCUT2D eigenvalue weighted by molar-refractivity contribution is 0.0775. The summed E-state index contributed by atoms with van der Waals surface area (Å²) in [6.07, 6.45) is 3.51. The summed E-state index contributed by atoms with van der Waals surface area (Å²) in [7, 11) is 1.69. The van der Waals surface area contributed by atoms with Gasteiger partial charge in [0.05, 0.1) is 17.2 Å². The first-order chi connectivity index (χ1) is 10.2. The number of ether oxygens (including phenoxy) is 1. The minimum atomic E-state index is -0.0273. The average molecular weight is 312 g/mol. The van der Waals surface area contributed by atoms with Crippen molar-refractivity contribution in [2.45, 2.75) is 19.8 Å². The molecule has 0 radical (unpaired) electrons. The van der Waals surface area contributed by atoms with Crippen LogP contribution in [0.3, 0.4) is 0 Å². The summed E-state index contributed by atoms with van der Waals surface area (Å²) in [5.74, 6) is 1.08. The molecule has 0 aromatic carbocycles. The van der Waals surface area contributed by atoms with Crippen LogP contribution in [0.1, 0.15) is 30.1 Å². The van der Waals surface area contributed by atoms with Gasteiger partial charge in [-0.15, -0.1) is 0 Å². The van der Waals surface area contributed by atoms with Gasteiger partial charge < -0.3 is 15.0 Å². The third kappa shape index (κ3) is 4.08. The predicted molar refractivity (Wildman–Crippen MR) is 83.9 cm³/mol. The van der Waals surface area contributed by atoms with Gasteiger partial charge in [0.25, 0.3) is 5.91 Å². The smallest absolute Gasteiger partial charge is 0.255 e. The molecule has 1 aromatic rings. The highest BCUT2D eigenvalue weighted by Gasteiger charge is 2.28. The summed E-state index contributed by atoms with van der Waals surface area (Å²) in [6, 6.07) is 1.74. The number of anilines is 1. The van der Waals surface area contributed by atoms with Crippen LogP contribution in [0.5, 0.6) is 0 Å². The molecule has 1 unspecified atom stereocenters. The van der Waals surface area contributed by atoms with Gasteiger partial charge >= 0.3 is 0 Å². The fraction of sp³-hybridized carbons (Fsp3) is 0.600. The molecule has 1 aliphatic heterocycles. The van der Waals surface area contributed by atoms with Crippen LogP contribution in [0.4, 0.5) is 5.82 Å². The number of halogens is 1. The zero-order valence-corrected chi connectivity index (χ0v) is 13.3. The van der Waals surface area contributed by atoms with E-state index in [1.807, 2.05) is 4.90 Å². The lowest BCUT2D eigenvalue weighted by Crippen LogP contribution is -2.29. The van der Waals surface area contributed by atoms with E-state index in [2.05, 4.69) is 17.2 Å². The summed E-state index contributed by atoms with van der Waals surface area (Å²) < 4.78 is 5.16. The van der Waals surface area contributed by atoms with Gasteiger partial charge in [0.2, 0.25) is 0 Å². The van der Waals surface area contributed by atoms with Crippen LogP contribution >= 0.6 is 11.6 Å². The zero-order valence-electron chi connectivity index (χ0n) is 12.6. The Morgan fingerprint density at radius 2 is 2.43 bits per heavy atom. The van der Waals surface area contributed by atoms with Gasteiger partial charge in [-0.25, -0.2) is 4.98 Å². The van der Waals surface area contributed by atoms with Crippen LogP contribution in [0, 0.1) is 5.92 Å². The number of pyridine rings is 1. The Balaban J connectivity index is 2.08. The van der Waals surface area contributed by atoms with Gasteiger partial charge in [0.15, 0.2) is 0 Å². The molecule has 0 aliphatic carbocycles. The molecule has 1 atom stereocenters. The molecule has 2 heterocycles. The Labute approximate surface area is 130 Å². The van der Waals surface area contributed by atoms with Crippen molar-refractivity contribution in [1.82, 2.24) is 9.88 Å². The topological polar surface area (TPSA) is 54.5 Å². The fourth-order valence-corrected chi connectivity index (χ4v) is 2.70. The minimum Gasteiger partial charge on any atom is -0.384 e. The molecule has 0 spiro atoms. The van der Waals surface area contributed by atoms with Crippen LogP contribution in [-0.2, 0) is 4.74 Å². The Kier molecular flexibility index (Phi) is 5.82. The van der Waals surface area contributed by atoms with E-state index >= 15 is 0 Å². The zero-order chi connectivity index (χ0) is 15.2. The van der Waals surface area contributed by atoms with E-state index in [0.29, 0.717) is 28.9 Å². The van der Waals surface area contributed by atoms with Gasteiger partial charge in [-0.1, -0.05) is 18.5 Å². The van der Waals surface area contributed by atoms with Crippen molar-refractivity contribution in [1.29, 1.82) is 0 Å². The summed E-state index contributed by atoms with van der Waals surface area (Å²) in [5, 5.41) is 3.58.